The predicted molar refractivity (Wildman–Crippen MR) is 101 cm³/mol. The van der Waals surface area contributed by atoms with Crippen molar-refractivity contribution in [1.82, 2.24) is 14.5 Å². The van der Waals surface area contributed by atoms with Gasteiger partial charge in [0.2, 0.25) is 11.7 Å². The van der Waals surface area contributed by atoms with Gasteiger partial charge in [0.05, 0.1) is 16.7 Å². The Hall–Kier alpha value is -3.34. The lowest BCUT2D eigenvalue weighted by atomic mass is 10.1. The molecule has 0 radical (unpaired) electrons. The van der Waals surface area contributed by atoms with Crippen molar-refractivity contribution in [2.45, 2.75) is 12.7 Å². The Morgan fingerprint density at radius 1 is 1.10 bits per heavy atom. The largest absolute Gasteiger partial charge is 0.449 e. The second kappa shape index (κ2) is 7.48. The molecule has 0 bridgehead atoms. The number of halogens is 5. The van der Waals surface area contributed by atoms with Crippen molar-refractivity contribution in [2.75, 3.05) is 5.32 Å². The molecule has 11 heteroatoms. The molecule has 154 valence electrons. The smallest absolute Gasteiger partial charge is 0.311 e. The van der Waals surface area contributed by atoms with Crippen LogP contribution in [-0.4, -0.2) is 20.4 Å². The van der Waals surface area contributed by atoms with Gasteiger partial charge in [-0.05, 0) is 30.3 Å². The summed E-state index contributed by atoms with van der Waals surface area (Å²) in [7, 11) is 0. The van der Waals surface area contributed by atoms with E-state index in [0.29, 0.717) is 0 Å². The van der Waals surface area contributed by atoms with Gasteiger partial charge in [-0.2, -0.15) is 13.2 Å². The highest BCUT2D eigenvalue weighted by atomic mass is 32.1. The second-order valence-electron chi connectivity index (χ2n) is 6.22. The zero-order chi connectivity index (χ0) is 21.5. The highest BCUT2D eigenvalue weighted by Gasteiger charge is 2.38. The molecule has 0 spiro atoms. The van der Waals surface area contributed by atoms with Crippen LogP contribution in [0.2, 0.25) is 0 Å². The highest BCUT2D eigenvalue weighted by Crippen LogP contribution is 2.32. The SMILES string of the molecule is O=C(Cn1c(C(F)(F)F)nc2ccccc21)Nc1nc(-c2cc(F)ccc2F)cs1. The van der Waals surface area contributed by atoms with Gasteiger partial charge in [0.15, 0.2) is 5.13 Å². The molecule has 2 aromatic carbocycles. The standard InChI is InChI=1S/C19H11F5N4OS/c20-10-5-6-12(21)11(7-10)14-9-30-18(26-14)27-16(29)8-28-15-4-2-1-3-13(15)25-17(28)19(22,23)24/h1-7,9H,8H2,(H,26,27,29). The first-order chi connectivity index (χ1) is 14.2. The average molecular weight is 438 g/mol. The summed E-state index contributed by atoms with van der Waals surface area (Å²) in [6.07, 6.45) is -4.75. The number of hydrogen-bond donors (Lipinski definition) is 1. The van der Waals surface area contributed by atoms with E-state index in [4.69, 9.17) is 0 Å². The van der Waals surface area contributed by atoms with Gasteiger partial charge in [-0.25, -0.2) is 18.7 Å². The van der Waals surface area contributed by atoms with Crippen LogP contribution in [0.15, 0.2) is 47.8 Å². The third kappa shape index (κ3) is 3.88. The first-order valence-electron chi connectivity index (χ1n) is 8.45. The zero-order valence-corrected chi connectivity index (χ0v) is 15.7. The number of anilines is 1. The minimum absolute atomic E-state index is 0.0386. The van der Waals surface area contributed by atoms with E-state index in [2.05, 4.69) is 15.3 Å². The molecule has 0 saturated carbocycles. The van der Waals surface area contributed by atoms with Gasteiger partial charge in [0.1, 0.15) is 18.2 Å². The fraction of sp³-hybridized carbons (Fsp3) is 0.105. The van der Waals surface area contributed by atoms with Crippen molar-refractivity contribution >= 4 is 33.4 Å². The first kappa shape index (κ1) is 20.0. The van der Waals surface area contributed by atoms with E-state index in [1.54, 1.807) is 12.1 Å². The van der Waals surface area contributed by atoms with Gasteiger partial charge in [-0.3, -0.25) is 4.79 Å². The summed E-state index contributed by atoms with van der Waals surface area (Å²) in [5, 5.41) is 3.83. The molecule has 5 nitrogen and oxygen atoms in total. The number of nitrogens with zero attached hydrogens (tertiary/aromatic N) is 3. The Morgan fingerprint density at radius 2 is 1.87 bits per heavy atom. The number of hydrogen-bond acceptors (Lipinski definition) is 4. The average Bonchev–Trinajstić information content (AvgIpc) is 3.28. The van der Waals surface area contributed by atoms with Crippen LogP contribution in [-0.2, 0) is 17.5 Å². The van der Waals surface area contributed by atoms with E-state index in [1.165, 1.54) is 17.5 Å². The van der Waals surface area contributed by atoms with Gasteiger partial charge in [0.25, 0.3) is 0 Å². The van der Waals surface area contributed by atoms with Crippen molar-refractivity contribution in [3.8, 4) is 11.3 Å². The number of rotatable bonds is 4. The fourth-order valence-corrected chi connectivity index (χ4v) is 3.63. The molecule has 1 amide bonds. The van der Waals surface area contributed by atoms with Crippen molar-refractivity contribution in [3.05, 3.63) is 65.3 Å². The van der Waals surface area contributed by atoms with Crippen LogP contribution in [0.4, 0.5) is 27.1 Å². The molecule has 0 aliphatic heterocycles. The molecule has 4 aromatic rings. The summed E-state index contributed by atoms with van der Waals surface area (Å²) >= 11 is 0.934. The second-order valence-corrected chi connectivity index (χ2v) is 7.08. The molecule has 30 heavy (non-hydrogen) atoms. The summed E-state index contributed by atoms with van der Waals surface area (Å²) < 4.78 is 68.0. The number of thiazole rings is 1. The molecule has 0 atom stereocenters. The molecular formula is C19H11F5N4OS. The normalized spacial score (nSPS) is 11.8. The van der Waals surface area contributed by atoms with Crippen LogP contribution < -0.4 is 5.32 Å². The minimum atomic E-state index is -4.75. The van der Waals surface area contributed by atoms with Crippen molar-refractivity contribution in [3.63, 3.8) is 0 Å². The van der Waals surface area contributed by atoms with Gasteiger partial charge < -0.3 is 9.88 Å². The van der Waals surface area contributed by atoms with Crippen LogP contribution in [0.1, 0.15) is 5.82 Å². The van der Waals surface area contributed by atoms with Crippen LogP contribution in [0.5, 0.6) is 0 Å². The number of nitrogens with one attached hydrogen (secondary N) is 1. The van der Waals surface area contributed by atoms with E-state index in [1.807, 2.05) is 0 Å². The van der Waals surface area contributed by atoms with Crippen molar-refractivity contribution < 1.29 is 26.7 Å². The lowest BCUT2D eigenvalue weighted by Gasteiger charge is -2.10. The topological polar surface area (TPSA) is 59.8 Å². The number of amides is 1. The van der Waals surface area contributed by atoms with E-state index < -0.39 is 36.1 Å². The van der Waals surface area contributed by atoms with Gasteiger partial charge >= 0.3 is 6.18 Å². The molecule has 0 saturated heterocycles. The molecule has 1 N–H and O–H groups in total. The number of carbonyl (C=O) groups excluding carboxylic acids is 1. The third-order valence-corrected chi connectivity index (χ3v) is 4.92. The maximum Gasteiger partial charge on any atom is 0.449 e. The minimum Gasteiger partial charge on any atom is -0.311 e. The molecular weight excluding hydrogens is 427 g/mol. The van der Waals surface area contributed by atoms with Crippen LogP contribution in [0, 0.1) is 11.6 Å². The monoisotopic (exact) mass is 438 g/mol. The molecule has 0 fully saturated rings. The molecule has 2 aromatic heterocycles. The summed E-state index contributed by atoms with van der Waals surface area (Å²) in [5.41, 5.74) is 0.264. The lowest BCUT2D eigenvalue weighted by molar-refractivity contribution is -0.147. The Bertz CT molecular complexity index is 1250. The number of aromatic nitrogens is 3. The summed E-state index contributed by atoms with van der Waals surface area (Å²) in [6, 6.07) is 8.80. The zero-order valence-electron chi connectivity index (χ0n) is 14.9. The molecule has 0 unspecified atom stereocenters. The number of fused-ring (bicyclic) bond motifs is 1. The number of alkyl halides is 3. The van der Waals surface area contributed by atoms with E-state index in [9.17, 15) is 26.7 Å². The maximum atomic E-state index is 13.9. The Labute approximate surface area is 169 Å². The number of imidazole rings is 1. The van der Waals surface area contributed by atoms with E-state index in [0.717, 1.165) is 34.1 Å². The van der Waals surface area contributed by atoms with Gasteiger partial charge in [-0.1, -0.05) is 12.1 Å². The molecule has 4 rings (SSSR count). The van der Waals surface area contributed by atoms with Gasteiger partial charge in [0, 0.05) is 10.9 Å². The highest BCUT2D eigenvalue weighted by molar-refractivity contribution is 7.14. The van der Waals surface area contributed by atoms with Crippen LogP contribution >= 0.6 is 11.3 Å². The summed E-state index contributed by atoms with van der Waals surface area (Å²) in [5.74, 6) is -3.32. The Morgan fingerprint density at radius 3 is 2.63 bits per heavy atom. The quantitative estimate of drug-likeness (QED) is 0.452. The third-order valence-electron chi connectivity index (χ3n) is 4.16. The van der Waals surface area contributed by atoms with Crippen molar-refractivity contribution in [1.29, 1.82) is 0 Å². The lowest BCUT2D eigenvalue weighted by Crippen LogP contribution is -2.23. The first-order valence-corrected chi connectivity index (χ1v) is 9.33. The van der Waals surface area contributed by atoms with E-state index >= 15 is 0 Å². The molecule has 2 heterocycles. The maximum absolute atomic E-state index is 13.9. The number of para-hydroxylation sites is 2. The Balaban J connectivity index is 1.58. The number of carbonyl (C=O) groups is 1. The fourth-order valence-electron chi connectivity index (χ4n) is 2.90. The van der Waals surface area contributed by atoms with Gasteiger partial charge in [-0.15, -0.1) is 11.3 Å². The molecule has 0 aliphatic carbocycles. The van der Waals surface area contributed by atoms with Crippen molar-refractivity contribution in [2.24, 2.45) is 0 Å². The number of benzene rings is 2. The van der Waals surface area contributed by atoms with E-state index in [-0.39, 0.29) is 27.4 Å². The summed E-state index contributed by atoms with van der Waals surface area (Å²) in [6.45, 7) is -0.654. The summed E-state index contributed by atoms with van der Waals surface area (Å²) in [4.78, 5) is 20.0. The molecule has 0 aliphatic rings. The predicted octanol–water partition coefficient (Wildman–Crippen LogP) is 5.10. The van der Waals surface area contributed by atoms with Crippen LogP contribution in [0.25, 0.3) is 22.3 Å². The van der Waals surface area contributed by atoms with Crippen LogP contribution in [0.3, 0.4) is 0 Å². The Kier molecular flexibility index (Phi) is 4.98.